The van der Waals surface area contributed by atoms with E-state index in [1.54, 1.807) is 0 Å². The Morgan fingerprint density at radius 1 is 0.950 bits per heavy atom. The van der Waals surface area contributed by atoms with E-state index in [4.69, 9.17) is 5.11 Å². The molecular weight excluding hydrogens is 254 g/mol. The molecule has 0 aliphatic heterocycles. The quantitative estimate of drug-likeness (QED) is 0.832. The van der Waals surface area contributed by atoms with Gasteiger partial charge < -0.3 is 10.4 Å². The first-order valence-corrected chi connectivity index (χ1v) is 8.13. The number of carboxylic acids is 1. The fraction of sp³-hybridized carbons (Fsp3) is 0.875. The summed E-state index contributed by atoms with van der Waals surface area (Å²) in [5.41, 5.74) is 0. The highest BCUT2D eigenvalue weighted by Crippen LogP contribution is 2.30. The van der Waals surface area contributed by atoms with Crippen molar-refractivity contribution in [2.45, 2.75) is 70.8 Å². The van der Waals surface area contributed by atoms with Gasteiger partial charge >= 0.3 is 5.97 Å². The van der Waals surface area contributed by atoms with E-state index in [0.717, 1.165) is 31.6 Å². The lowest BCUT2D eigenvalue weighted by Crippen LogP contribution is -2.42. The Morgan fingerprint density at radius 3 is 2.00 bits per heavy atom. The number of hydrogen-bond donors (Lipinski definition) is 2. The molecule has 0 atom stereocenters. The Bertz CT molecular complexity index is 340. The van der Waals surface area contributed by atoms with Gasteiger partial charge in [-0.3, -0.25) is 9.59 Å². The summed E-state index contributed by atoms with van der Waals surface area (Å²) in [5.74, 6) is 0.0956. The maximum Gasteiger partial charge on any atom is 0.306 e. The topological polar surface area (TPSA) is 66.4 Å². The van der Waals surface area contributed by atoms with Crippen LogP contribution in [0.4, 0.5) is 0 Å². The van der Waals surface area contributed by atoms with Gasteiger partial charge in [-0.25, -0.2) is 0 Å². The van der Waals surface area contributed by atoms with Gasteiger partial charge in [-0.15, -0.1) is 0 Å². The summed E-state index contributed by atoms with van der Waals surface area (Å²) >= 11 is 0. The van der Waals surface area contributed by atoms with Gasteiger partial charge in [-0.05, 0) is 57.3 Å². The fourth-order valence-electron chi connectivity index (χ4n) is 3.64. The second kappa shape index (κ2) is 7.09. The summed E-state index contributed by atoms with van der Waals surface area (Å²) in [7, 11) is 0. The summed E-state index contributed by atoms with van der Waals surface area (Å²) in [6.45, 7) is 2.24. The zero-order chi connectivity index (χ0) is 14.5. The van der Waals surface area contributed by atoms with Crippen molar-refractivity contribution in [1.82, 2.24) is 5.32 Å². The highest BCUT2D eigenvalue weighted by molar-refractivity contribution is 5.79. The molecule has 0 radical (unpaired) electrons. The summed E-state index contributed by atoms with van der Waals surface area (Å²) in [6.07, 6.45) is 8.68. The Morgan fingerprint density at radius 2 is 1.50 bits per heavy atom. The Balaban J connectivity index is 1.72. The van der Waals surface area contributed by atoms with E-state index in [2.05, 4.69) is 12.2 Å². The maximum atomic E-state index is 12.2. The lowest BCUT2D eigenvalue weighted by atomic mass is 9.80. The number of rotatable bonds is 4. The standard InChI is InChI=1S/C16H27NO3/c1-2-11-3-9-14(10-4-11)17-15(18)12-5-7-13(8-6-12)16(19)20/h11-14H,2-10H2,1H3,(H,17,18)(H,19,20). The van der Waals surface area contributed by atoms with Crippen molar-refractivity contribution in [2.75, 3.05) is 0 Å². The molecule has 20 heavy (non-hydrogen) atoms. The molecule has 4 heteroatoms. The minimum Gasteiger partial charge on any atom is -0.481 e. The van der Waals surface area contributed by atoms with Crippen LogP contribution in [0.3, 0.4) is 0 Å². The van der Waals surface area contributed by atoms with Crippen LogP contribution in [0, 0.1) is 17.8 Å². The predicted octanol–water partition coefficient (Wildman–Crippen LogP) is 2.96. The van der Waals surface area contributed by atoms with Gasteiger partial charge in [0.15, 0.2) is 0 Å². The van der Waals surface area contributed by atoms with Crippen molar-refractivity contribution in [3.8, 4) is 0 Å². The molecule has 2 fully saturated rings. The maximum absolute atomic E-state index is 12.2. The van der Waals surface area contributed by atoms with Crippen molar-refractivity contribution < 1.29 is 14.7 Å². The Labute approximate surface area is 121 Å². The molecule has 0 heterocycles. The van der Waals surface area contributed by atoms with Crippen molar-refractivity contribution in [1.29, 1.82) is 0 Å². The lowest BCUT2D eigenvalue weighted by Gasteiger charge is -2.31. The monoisotopic (exact) mass is 281 g/mol. The number of amides is 1. The fourth-order valence-corrected chi connectivity index (χ4v) is 3.64. The zero-order valence-corrected chi connectivity index (χ0v) is 12.4. The summed E-state index contributed by atoms with van der Waals surface area (Å²) < 4.78 is 0. The molecule has 0 spiro atoms. The summed E-state index contributed by atoms with van der Waals surface area (Å²) in [4.78, 5) is 23.1. The van der Waals surface area contributed by atoms with Crippen LogP contribution >= 0.6 is 0 Å². The number of aliphatic carboxylic acids is 1. The SMILES string of the molecule is CCC1CCC(NC(=O)C2CCC(C(=O)O)CC2)CC1. The average Bonchev–Trinajstić information content (AvgIpc) is 2.48. The molecular formula is C16H27NO3. The van der Waals surface area contributed by atoms with E-state index in [0.29, 0.717) is 18.9 Å². The molecule has 2 rings (SSSR count). The predicted molar refractivity (Wildman–Crippen MR) is 77.3 cm³/mol. The molecule has 1 amide bonds. The lowest BCUT2D eigenvalue weighted by molar-refractivity contribution is -0.144. The first kappa shape index (κ1) is 15.3. The highest BCUT2D eigenvalue weighted by atomic mass is 16.4. The van der Waals surface area contributed by atoms with Gasteiger partial charge in [-0.1, -0.05) is 13.3 Å². The molecule has 2 aliphatic carbocycles. The third-order valence-electron chi connectivity index (χ3n) is 5.22. The molecule has 2 saturated carbocycles. The third kappa shape index (κ3) is 3.97. The number of carbonyl (C=O) groups is 2. The van der Waals surface area contributed by atoms with Crippen molar-refractivity contribution in [2.24, 2.45) is 17.8 Å². The minimum atomic E-state index is -0.707. The van der Waals surface area contributed by atoms with Crippen LogP contribution in [0.25, 0.3) is 0 Å². The van der Waals surface area contributed by atoms with Crippen molar-refractivity contribution in [3.63, 3.8) is 0 Å². The zero-order valence-electron chi connectivity index (χ0n) is 12.4. The Hall–Kier alpha value is -1.06. The van der Waals surface area contributed by atoms with Crippen LogP contribution in [0.2, 0.25) is 0 Å². The largest absolute Gasteiger partial charge is 0.481 e. The van der Waals surface area contributed by atoms with Crippen LogP contribution in [0.1, 0.15) is 64.7 Å². The molecule has 0 saturated heterocycles. The molecule has 2 N–H and O–H groups in total. The van der Waals surface area contributed by atoms with E-state index < -0.39 is 5.97 Å². The molecule has 114 valence electrons. The molecule has 0 unspecified atom stereocenters. The van der Waals surface area contributed by atoms with Crippen LogP contribution in [-0.2, 0) is 9.59 Å². The number of carbonyl (C=O) groups excluding carboxylic acids is 1. The van der Waals surface area contributed by atoms with Gasteiger partial charge in [0.2, 0.25) is 5.91 Å². The second-order valence-corrected chi connectivity index (χ2v) is 6.52. The third-order valence-corrected chi connectivity index (χ3v) is 5.22. The van der Waals surface area contributed by atoms with Crippen LogP contribution in [-0.4, -0.2) is 23.0 Å². The second-order valence-electron chi connectivity index (χ2n) is 6.52. The van der Waals surface area contributed by atoms with E-state index in [9.17, 15) is 9.59 Å². The molecule has 2 aliphatic rings. The smallest absolute Gasteiger partial charge is 0.306 e. The number of hydrogen-bond acceptors (Lipinski definition) is 2. The van der Waals surface area contributed by atoms with E-state index in [1.807, 2.05) is 0 Å². The molecule has 0 aromatic rings. The van der Waals surface area contributed by atoms with Gasteiger partial charge in [0.05, 0.1) is 5.92 Å². The first-order valence-electron chi connectivity index (χ1n) is 8.13. The minimum absolute atomic E-state index is 0.0366. The van der Waals surface area contributed by atoms with Crippen LogP contribution in [0.5, 0.6) is 0 Å². The van der Waals surface area contributed by atoms with Gasteiger partial charge in [0.25, 0.3) is 0 Å². The summed E-state index contributed by atoms with van der Waals surface area (Å²) in [6, 6.07) is 0.350. The molecule has 0 bridgehead atoms. The average molecular weight is 281 g/mol. The first-order chi connectivity index (χ1) is 9.60. The molecule has 4 nitrogen and oxygen atoms in total. The van der Waals surface area contributed by atoms with Gasteiger partial charge in [0, 0.05) is 12.0 Å². The normalized spacial score (nSPS) is 34.5. The Kier molecular flexibility index (Phi) is 5.44. The van der Waals surface area contributed by atoms with Crippen LogP contribution < -0.4 is 5.32 Å². The van der Waals surface area contributed by atoms with Crippen molar-refractivity contribution in [3.05, 3.63) is 0 Å². The van der Waals surface area contributed by atoms with Gasteiger partial charge in [-0.2, -0.15) is 0 Å². The molecule has 0 aromatic carbocycles. The highest BCUT2D eigenvalue weighted by Gasteiger charge is 2.31. The van der Waals surface area contributed by atoms with E-state index in [1.165, 1.54) is 19.3 Å². The van der Waals surface area contributed by atoms with Gasteiger partial charge in [0.1, 0.15) is 0 Å². The van der Waals surface area contributed by atoms with E-state index in [-0.39, 0.29) is 17.7 Å². The number of carboxylic acid groups (broad SMARTS) is 1. The summed E-state index contributed by atoms with van der Waals surface area (Å²) in [5, 5.41) is 12.2. The molecule has 0 aromatic heterocycles. The van der Waals surface area contributed by atoms with E-state index >= 15 is 0 Å². The van der Waals surface area contributed by atoms with Crippen LogP contribution in [0.15, 0.2) is 0 Å². The van der Waals surface area contributed by atoms with Crippen molar-refractivity contribution >= 4 is 11.9 Å². The number of nitrogens with one attached hydrogen (secondary N) is 1.